The fourth-order valence-electron chi connectivity index (χ4n) is 0.677. The molecule has 0 aliphatic heterocycles. The lowest BCUT2D eigenvalue weighted by atomic mass is 10.5. The van der Waals surface area contributed by atoms with Crippen LogP contribution in [0, 0.1) is 0 Å². The highest BCUT2D eigenvalue weighted by Crippen LogP contribution is 1.87. The van der Waals surface area contributed by atoms with Crippen LogP contribution in [-0.4, -0.2) is 21.1 Å². The fourth-order valence-corrected chi connectivity index (χ4v) is 0.677. The zero-order valence-electron chi connectivity index (χ0n) is 6.47. The third-order valence-corrected chi connectivity index (χ3v) is 1.04. The first-order valence-electron chi connectivity index (χ1n) is 3.38. The molecule has 4 nitrogen and oxygen atoms in total. The normalized spacial score (nSPS) is 8.09. The summed E-state index contributed by atoms with van der Waals surface area (Å²) in [6.45, 7) is 2.99. The van der Waals surface area contributed by atoms with Gasteiger partial charge in [0, 0.05) is 18.9 Å². The molecule has 0 saturated heterocycles. The molecule has 0 saturated carbocycles. The Kier molecular flexibility index (Phi) is 5.98. The van der Waals surface area contributed by atoms with E-state index in [9.17, 15) is 0 Å². The van der Waals surface area contributed by atoms with Crippen LogP contribution in [-0.2, 0) is 11.3 Å². The van der Waals surface area contributed by atoms with Gasteiger partial charge in [-0.3, -0.25) is 4.79 Å². The van der Waals surface area contributed by atoms with E-state index in [1.165, 1.54) is 6.42 Å². The van der Waals surface area contributed by atoms with Crippen LogP contribution in [0.5, 0.6) is 0 Å². The average Bonchev–Trinajstić information content (AvgIpc) is 2.42. The van der Waals surface area contributed by atoms with Gasteiger partial charge in [0.1, 0.15) is 0 Å². The molecule has 0 atom stereocenters. The number of hydrogen-bond donors (Lipinski definition) is 1. The van der Waals surface area contributed by atoms with Gasteiger partial charge in [-0.15, -0.1) is 0 Å². The molecule has 1 rings (SSSR count). The Morgan fingerprint density at radius 2 is 2.36 bits per heavy atom. The molecule has 62 valence electrons. The summed E-state index contributed by atoms with van der Waals surface area (Å²) in [5, 5.41) is 6.89. The first-order valence-corrected chi connectivity index (χ1v) is 3.38. The van der Waals surface area contributed by atoms with Crippen LogP contribution in [0.4, 0.5) is 0 Å². The Labute approximate surface area is 65.5 Å². The molecule has 0 amide bonds. The van der Waals surface area contributed by atoms with Gasteiger partial charge in [0.05, 0.1) is 6.33 Å². The molecule has 0 unspecified atom stereocenters. The lowest BCUT2D eigenvalue weighted by molar-refractivity contribution is -0.122. The zero-order chi connectivity index (χ0) is 8.53. The second-order valence-corrected chi connectivity index (χ2v) is 1.91. The van der Waals surface area contributed by atoms with Crippen LogP contribution < -0.4 is 0 Å². The predicted octanol–water partition coefficient (Wildman–Crippen LogP) is 0.994. The van der Waals surface area contributed by atoms with Crippen LogP contribution in [0.2, 0.25) is 0 Å². The van der Waals surface area contributed by atoms with Gasteiger partial charge in [-0.25, -0.2) is 4.98 Å². The van der Waals surface area contributed by atoms with Crippen LogP contribution in [0.25, 0.3) is 0 Å². The summed E-state index contributed by atoms with van der Waals surface area (Å²) < 4.78 is 2.07. The van der Waals surface area contributed by atoms with E-state index in [2.05, 4.69) is 16.5 Å². The van der Waals surface area contributed by atoms with Crippen LogP contribution >= 0.6 is 0 Å². The number of carbonyl (C=O) groups is 1. The third kappa shape index (κ3) is 5.14. The van der Waals surface area contributed by atoms with Crippen molar-refractivity contribution < 1.29 is 9.90 Å². The first kappa shape index (κ1) is 9.68. The summed E-state index contributed by atoms with van der Waals surface area (Å²) in [5.74, 6) is 0. The zero-order valence-corrected chi connectivity index (χ0v) is 6.47. The molecule has 1 aromatic heterocycles. The van der Waals surface area contributed by atoms with Gasteiger partial charge in [-0.2, -0.15) is 0 Å². The summed E-state index contributed by atoms with van der Waals surface area (Å²) in [6.07, 6.45) is 6.79. The van der Waals surface area contributed by atoms with Gasteiger partial charge >= 0.3 is 0 Å². The molecule has 0 fully saturated rings. The number of aromatic nitrogens is 2. The Hall–Kier alpha value is -1.32. The highest BCUT2D eigenvalue weighted by molar-refractivity contribution is 5.32. The van der Waals surface area contributed by atoms with Crippen molar-refractivity contribution >= 4 is 6.47 Å². The van der Waals surface area contributed by atoms with E-state index < -0.39 is 0 Å². The first-order chi connectivity index (χ1) is 5.35. The van der Waals surface area contributed by atoms with Crippen molar-refractivity contribution in [3.05, 3.63) is 18.7 Å². The van der Waals surface area contributed by atoms with Crippen LogP contribution in [0.3, 0.4) is 0 Å². The summed E-state index contributed by atoms with van der Waals surface area (Å²) in [4.78, 5) is 12.3. The second kappa shape index (κ2) is 6.80. The monoisotopic (exact) mass is 156 g/mol. The maximum Gasteiger partial charge on any atom is 0.290 e. The molecule has 1 N–H and O–H groups in total. The van der Waals surface area contributed by atoms with E-state index in [0.717, 1.165) is 6.54 Å². The molecule has 0 aliphatic carbocycles. The Morgan fingerprint density at radius 1 is 1.73 bits per heavy atom. The number of rotatable bonds is 2. The van der Waals surface area contributed by atoms with E-state index in [1.54, 1.807) is 6.20 Å². The Bertz CT molecular complexity index is 173. The van der Waals surface area contributed by atoms with Crippen molar-refractivity contribution in [1.29, 1.82) is 0 Å². The van der Waals surface area contributed by atoms with Crippen molar-refractivity contribution in [2.45, 2.75) is 19.9 Å². The van der Waals surface area contributed by atoms with E-state index in [-0.39, 0.29) is 6.47 Å². The highest BCUT2D eigenvalue weighted by atomic mass is 16.3. The van der Waals surface area contributed by atoms with E-state index in [0.29, 0.717) is 0 Å². The third-order valence-electron chi connectivity index (χ3n) is 1.04. The highest BCUT2D eigenvalue weighted by Gasteiger charge is 1.81. The molecule has 0 bridgehead atoms. The van der Waals surface area contributed by atoms with Gasteiger partial charge < -0.3 is 9.67 Å². The minimum Gasteiger partial charge on any atom is -0.483 e. The molecule has 0 aliphatic rings. The fraction of sp³-hybridized carbons (Fsp3) is 0.429. The Morgan fingerprint density at radius 3 is 2.73 bits per heavy atom. The maximum atomic E-state index is 8.36. The van der Waals surface area contributed by atoms with Gasteiger partial charge in [0.25, 0.3) is 6.47 Å². The summed E-state index contributed by atoms with van der Waals surface area (Å²) in [7, 11) is 0. The van der Waals surface area contributed by atoms with Crippen LogP contribution in [0.15, 0.2) is 18.7 Å². The smallest absolute Gasteiger partial charge is 0.290 e. The molecule has 4 heteroatoms. The number of nitrogens with zero attached hydrogens (tertiary/aromatic N) is 2. The molecule has 11 heavy (non-hydrogen) atoms. The van der Waals surface area contributed by atoms with Gasteiger partial charge in [-0.1, -0.05) is 6.92 Å². The minimum absolute atomic E-state index is 0.250. The molecule has 1 heterocycles. The predicted molar refractivity (Wildman–Crippen MR) is 41.2 cm³/mol. The summed E-state index contributed by atoms with van der Waals surface area (Å²) in [5.41, 5.74) is 0. The Balaban J connectivity index is 0.000000292. The van der Waals surface area contributed by atoms with Crippen molar-refractivity contribution in [1.82, 2.24) is 9.55 Å². The van der Waals surface area contributed by atoms with E-state index in [4.69, 9.17) is 9.90 Å². The number of hydrogen-bond acceptors (Lipinski definition) is 2. The SMILES string of the molecule is CCCn1ccnc1.O=CO. The minimum atomic E-state index is -0.250. The molecular weight excluding hydrogens is 144 g/mol. The molecule has 0 aromatic carbocycles. The van der Waals surface area contributed by atoms with Crippen LogP contribution in [0.1, 0.15) is 13.3 Å². The number of carboxylic acid groups (broad SMARTS) is 1. The maximum absolute atomic E-state index is 8.36. The van der Waals surface area contributed by atoms with Crippen molar-refractivity contribution in [3.63, 3.8) is 0 Å². The van der Waals surface area contributed by atoms with Gasteiger partial charge in [0.15, 0.2) is 0 Å². The quantitative estimate of drug-likeness (QED) is 0.650. The molecule has 0 radical (unpaired) electrons. The standard InChI is InChI=1S/C6H10N2.CH2O2/c1-2-4-8-5-3-7-6-8;2-1-3/h3,5-6H,2,4H2,1H3;1H,(H,2,3). The van der Waals surface area contributed by atoms with Crippen molar-refractivity contribution in [2.24, 2.45) is 0 Å². The van der Waals surface area contributed by atoms with Gasteiger partial charge in [-0.05, 0) is 6.42 Å². The van der Waals surface area contributed by atoms with Crippen molar-refractivity contribution in [2.75, 3.05) is 0 Å². The largest absolute Gasteiger partial charge is 0.483 e. The van der Waals surface area contributed by atoms with E-state index >= 15 is 0 Å². The topological polar surface area (TPSA) is 55.1 Å². The number of aryl methyl sites for hydroxylation is 1. The summed E-state index contributed by atoms with van der Waals surface area (Å²) >= 11 is 0. The van der Waals surface area contributed by atoms with E-state index in [1.807, 2.05) is 12.5 Å². The van der Waals surface area contributed by atoms with Crippen molar-refractivity contribution in [3.8, 4) is 0 Å². The lowest BCUT2D eigenvalue weighted by Crippen LogP contribution is -1.90. The molecule has 1 aromatic rings. The van der Waals surface area contributed by atoms with Gasteiger partial charge in [0.2, 0.25) is 0 Å². The number of imidazole rings is 1. The second-order valence-electron chi connectivity index (χ2n) is 1.91. The average molecular weight is 156 g/mol. The molecule has 0 spiro atoms. The summed E-state index contributed by atoms with van der Waals surface area (Å²) in [6, 6.07) is 0. The lowest BCUT2D eigenvalue weighted by Gasteiger charge is -1.93. The molecular formula is C7H12N2O2.